The maximum atomic E-state index is 11.1. The van der Waals surface area contributed by atoms with Crippen molar-refractivity contribution in [2.24, 2.45) is 0 Å². The molecule has 334 valence electrons. The van der Waals surface area contributed by atoms with E-state index in [1.54, 1.807) is 19.4 Å². The van der Waals surface area contributed by atoms with Crippen LogP contribution in [0.3, 0.4) is 0 Å². The topological polar surface area (TPSA) is 226 Å². The van der Waals surface area contributed by atoms with E-state index in [-0.39, 0.29) is 44.2 Å². The average molecular weight is 1000 g/mol. The molecule has 5 aromatic rings. The number of methoxy groups -OCH3 is 1. The van der Waals surface area contributed by atoms with Crippen molar-refractivity contribution in [3.05, 3.63) is 120 Å². The van der Waals surface area contributed by atoms with Crippen molar-refractivity contribution in [1.29, 1.82) is 5.26 Å². The third-order valence-electron chi connectivity index (χ3n) is 11.2. The van der Waals surface area contributed by atoms with Crippen molar-refractivity contribution in [1.82, 2.24) is 20.3 Å². The molecule has 0 bridgehead atoms. The summed E-state index contributed by atoms with van der Waals surface area (Å²) in [6.45, 7) is 0.339. The normalized spacial score (nSPS) is 16.0. The molecule has 2 aliphatic carbocycles. The monoisotopic (exact) mass is 999 g/mol. The number of nitrogens with one attached hydrogen (secondary N) is 1. The molecule has 15 nitrogen and oxygen atoms in total. The minimum absolute atomic E-state index is 0.0434. The highest BCUT2D eigenvalue weighted by molar-refractivity contribution is 9.10. The summed E-state index contributed by atoms with van der Waals surface area (Å²) in [5.41, 5.74) is 9.37. The van der Waals surface area contributed by atoms with E-state index >= 15 is 0 Å². The van der Waals surface area contributed by atoms with Crippen LogP contribution in [-0.2, 0) is 42.0 Å². The molecule has 5 N–H and O–H groups in total. The Bertz CT molecular complexity index is 2550. The smallest absolute Gasteiger partial charge is 0.306 e. The first-order valence-electron chi connectivity index (χ1n) is 20.9. The van der Waals surface area contributed by atoms with Crippen LogP contribution in [0.15, 0.2) is 75.9 Å². The number of aliphatic hydroxyl groups is 2. The predicted octanol–water partition coefficient (Wildman–Crippen LogP) is 7.74. The van der Waals surface area contributed by atoms with Gasteiger partial charge < -0.3 is 44.7 Å². The number of carbonyl (C=O) groups is 2. The summed E-state index contributed by atoms with van der Waals surface area (Å²) in [4.78, 5) is 35.6. The van der Waals surface area contributed by atoms with Crippen LogP contribution in [0, 0.1) is 11.3 Å². The molecule has 0 aliphatic heterocycles. The molecule has 2 aliphatic rings. The van der Waals surface area contributed by atoms with E-state index in [2.05, 4.69) is 78.6 Å². The number of fused-ring (bicyclic) bond motifs is 2. The molecule has 7 rings (SSSR count). The minimum Gasteiger partial charge on any atom is -0.481 e. The number of carboxylic acid groups (broad SMARTS) is 2. The molecule has 0 spiro atoms. The van der Waals surface area contributed by atoms with Gasteiger partial charge in [-0.2, -0.15) is 15.2 Å². The van der Waals surface area contributed by atoms with E-state index in [0.29, 0.717) is 62.5 Å². The molecule has 17 heteroatoms. The highest BCUT2D eigenvalue weighted by atomic mass is 79.9. The summed E-state index contributed by atoms with van der Waals surface area (Å²) in [5.74, 6) is -0.703. The number of aromatic nitrogens is 3. The van der Waals surface area contributed by atoms with E-state index < -0.39 is 30.6 Å². The van der Waals surface area contributed by atoms with E-state index in [1.165, 1.54) is 17.3 Å². The highest BCUT2D eigenvalue weighted by Gasteiger charge is 2.32. The Morgan fingerprint density at radius 2 is 1.42 bits per heavy atom. The SMILES string of the molecule is COc1nc(O[C@H]2CCc3c(-c4cccc5c4CC[C@@H]5Oc4nc(OCc5cncc(C#N)c5)c(CNC[C@@H](O)CC(=O)O)cc4Br)cccc32)c(Br)cc1CCC[C@@H](O)CC(=O)O. The first kappa shape index (κ1) is 46.4. The maximum absolute atomic E-state index is 11.1. The van der Waals surface area contributed by atoms with Crippen LogP contribution in [0.4, 0.5) is 0 Å². The van der Waals surface area contributed by atoms with Gasteiger partial charge in [-0.3, -0.25) is 14.6 Å². The van der Waals surface area contributed by atoms with Crippen LogP contribution in [0.1, 0.15) is 95.2 Å². The Balaban J connectivity index is 1.08. The molecule has 0 saturated carbocycles. The maximum Gasteiger partial charge on any atom is 0.306 e. The molecule has 0 radical (unpaired) electrons. The largest absolute Gasteiger partial charge is 0.481 e. The zero-order valence-corrected chi connectivity index (χ0v) is 38.1. The molecule has 64 heavy (non-hydrogen) atoms. The Labute approximate surface area is 386 Å². The standard InChI is InChI=1S/C47H47Br2N5O10/c1-61-44-28(5-2-6-30(55)18-42(57)58)16-38(48)46(53-44)63-40-13-11-34-32(7-3-9-36(34)40)33-8-4-10-37-35(33)12-14-41(37)64-47-39(49)17-29(23-52-24-31(56)19-43(59)60)45(54-47)62-25-27-15-26(20-50)21-51-22-27/h3-4,7-10,15-17,21-22,30-31,40-41,52,55-56H,2,5-6,11-14,18-19,23-25H2,1H3,(H,57,58)(H,59,60)/t30-,31+,40+,41+/m1/s1. The fourth-order valence-corrected chi connectivity index (χ4v) is 9.19. The van der Waals surface area contributed by atoms with Gasteiger partial charge in [0.15, 0.2) is 0 Å². The Hall–Kier alpha value is -5.64. The summed E-state index contributed by atoms with van der Waals surface area (Å²) in [5, 5.41) is 50.6. The van der Waals surface area contributed by atoms with Crippen LogP contribution in [0.2, 0.25) is 0 Å². The summed E-state index contributed by atoms with van der Waals surface area (Å²) < 4.78 is 26.3. The van der Waals surface area contributed by atoms with Gasteiger partial charge in [0.1, 0.15) is 24.9 Å². The number of nitriles is 1. The number of rotatable bonds is 21. The fourth-order valence-electron chi connectivity index (χ4n) is 8.27. The number of halogens is 2. The van der Waals surface area contributed by atoms with E-state index in [1.807, 2.05) is 18.2 Å². The summed E-state index contributed by atoms with van der Waals surface area (Å²) >= 11 is 7.30. The number of aliphatic hydroxyl groups excluding tert-OH is 2. The van der Waals surface area contributed by atoms with Gasteiger partial charge >= 0.3 is 11.9 Å². The van der Waals surface area contributed by atoms with E-state index in [9.17, 15) is 25.1 Å². The van der Waals surface area contributed by atoms with Crippen LogP contribution in [-0.4, -0.2) is 73.2 Å². The first-order chi connectivity index (χ1) is 30.9. The van der Waals surface area contributed by atoms with Crippen molar-refractivity contribution in [2.75, 3.05) is 13.7 Å². The van der Waals surface area contributed by atoms with Crippen molar-refractivity contribution in [2.45, 2.75) is 95.4 Å². The lowest BCUT2D eigenvalue weighted by atomic mass is 9.91. The van der Waals surface area contributed by atoms with Crippen LogP contribution >= 0.6 is 31.9 Å². The molecule has 0 unspecified atom stereocenters. The second kappa shape index (κ2) is 21.4. The van der Waals surface area contributed by atoms with Gasteiger partial charge in [0.05, 0.1) is 46.7 Å². The lowest BCUT2D eigenvalue weighted by Crippen LogP contribution is -2.28. The van der Waals surface area contributed by atoms with Crippen LogP contribution in [0.5, 0.6) is 23.5 Å². The van der Waals surface area contributed by atoms with Gasteiger partial charge in [-0.15, -0.1) is 0 Å². The Morgan fingerprint density at radius 1 is 0.828 bits per heavy atom. The summed E-state index contributed by atoms with van der Waals surface area (Å²) in [6.07, 6.45) is 4.38. The number of hydrogen-bond donors (Lipinski definition) is 5. The zero-order valence-electron chi connectivity index (χ0n) is 34.9. The lowest BCUT2D eigenvalue weighted by molar-refractivity contribution is -0.140. The molecule has 3 aromatic heterocycles. The van der Waals surface area contributed by atoms with Crippen molar-refractivity contribution in [3.63, 3.8) is 0 Å². The molecule has 3 heterocycles. The number of benzene rings is 2. The van der Waals surface area contributed by atoms with Crippen molar-refractivity contribution >= 4 is 43.8 Å². The molecule has 0 fully saturated rings. The van der Waals surface area contributed by atoms with E-state index in [4.69, 9.17) is 39.1 Å². The van der Waals surface area contributed by atoms with Crippen LogP contribution < -0.4 is 24.3 Å². The van der Waals surface area contributed by atoms with Crippen LogP contribution in [0.25, 0.3) is 11.1 Å². The molecule has 0 amide bonds. The summed E-state index contributed by atoms with van der Waals surface area (Å²) in [7, 11) is 1.55. The molecular formula is C47H47Br2N5O10. The molecular weight excluding hydrogens is 954 g/mol. The lowest BCUT2D eigenvalue weighted by Gasteiger charge is -2.19. The number of hydrogen-bond acceptors (Lipinski definition) is 13. The quantitative estimate of drug-likeness (QED) is 0.0474. The minimum atomic E-state index is -1.10. The number of nitrogens with zero attached hydrogens (tertiary/aromatic N) is 4. The third kappa shape index (κ3) is 11.4. The third-order valence-corrected chi connectivity index (χ3v) is 12.3. The van der Waals surface area contributed by atoms with Gasteiger partial charge in [0, 0.05) is 42.2 Å². The van der Waals surface area contributed by atoms with Gasteiger partial charge in [-0.1, -0.05) is 36.4 Å². The van der Waals surface area contributed by atoms with Gasteiger partial charge in [-0.05, 0) is 128 Å². The van der Waals surface area contributed by atoms with Crippen molar-refractivity contribution < 1.29 is 49.0 Å². The average Bonchev–Trinajstić information content (AvgIpc) is 3.88. The molecule has 0 saturated heterocycles. The van der Waals surface area contributed by atoms with Gasteiger partial charge in [-0.25, -0.2) is 0 Å². The Kier molecular flexibility index (Phi) is 15.5. The van der Waals surface area contributed by atoms with E-state index in [0.717, 1.165) is 53.5 Å². The number of aliphatic carboxylic acids is 2. The second-order valence-corrected chi connectivity index (χ2v) is 17.4. The number of carboxylic acids is 2. The number of pyridine rings is 3. The molecule has 4 atom stereocenters. The highest BCUT2D eigenvalue weighted by Crippen LogP contribution is 2.46. The Morgan fingerprint density at radius 3 is 2.02 bits per heavy atom. The number of ether oxygens (including phenoxy) is 4. The fraction of sp³-hybridized carbons (Fsp3) is 0.362. The van der Waals surface area contributed by atoms with Gasteiger partial charge in [0.2, 0.25) is 23.5 Å². The number of aryl methyl sites for hydroxylation is 1. The predicted molar refractivity (Wildman–Crippen MR) is 240 cm³/mol. The summed E-state index contributed by atoms with van der Waals surface area (Å²) in [6, 6.07) is 20.1. The zero-order chi connectivity index (χ0) is 45.3. The first-order valence-corrected chi connectivity index (χ1v) is 22.5. The van der Waals surface area contributed by atoms with Crippen molar-refractivity contribution in [3.8, 4) is 40.7 Å². The molecule has 2 aromatic carbocycles. The second-order valence-electron chi connectivity index (χ2n) is 15.7. The van der Waals surface area contributed by atoms with Gasteiger partial charge in [0.25, 0.3) is 0 Å².